The Balaban J connectivity index is 1.43. The molecule has 0 aliphatic heterocycles. The van der Waals surface area contributed by atoms with E-state index in [0.717, 1.165) is 27.0 Å². The number of anilines is 2. The van der Waals surface area contributed by atoms with Crippen LogP contribution in [-0.4, -0.2) is 27.5 Å². The molecule has 0 unspecified atom stereocenters. The van der Waals surface area contributed by atoms with Crippen molar-refractivity contribution in [1.29, 1.82) is 0 Å². The summed E-state index contributed by atoms with van der Waals surface area (Å²) in [5.41, 5.74) is 3.55. The summed E-state index contributed by atoms with van der Waals surface area (Å²) in [4.78, 5) is 13.6. The van der Waals surface area contributed by atoms with Gasteiger partial charge < -0.3 is 15.4 Å². The maximum absolute atomic E-state index is 12.5. The van der Waals surface area contributed by atoms with Gasteiger partial charge in [-0.1, -0.05) is 58.4 Å². The lowest BCUT2D eigenvalue weighted by Gasteiger charge is -2.09. The van der Waals surface area contributed by atoms with Crippen molar-refractivity contribution >= 4 is 61.3 Å². The molecular formula is C25H23BrN4O2S2. The molecule has 4 aromatic rings. The first-order chi connectivity index (χ1) is 16.5. The zero-order chi connectivity index (χ0) is 23.9. The molecule has 0 bridgehead atoms. The summed E-state index contributed by atoms with van der Waals surface area (Å²) in [5, 5.41) is 11.7. The van der Waals surface area contributed by atoms with Crippen molar-refractivity contribution in [2.45, 2.75) is 19.9 Å². The van der Waals surface area contributed by atoms with E-state index in [1.54, 1.807) is 13.1 Å². The second-order valence-electron chi connectivity index (χ2n) is 7.47. The maximum Gasteiger partial charge on any atom is 0.341 e. The van der Waals surface area contributed by atoms with Gasteiger partial charge in [0, 0.05) is 22.0 Å². The minimum atomic E-state index is -0.370. The summed E-state index contributed by atoms with van der Waals surface area (Å²) in [6.07, 6.45) is 4.33. The zero-order valence-corrected chi connectivity index (χ0v) is 21.7. The van der Waals surface area contributed by atoms with Gasteiger partial charge in [0.1, 0.15) is 5.00 Å². The molecule has 4 rings (SSSR count). The number of rotatable bonds is 8. The molecule has 0 saturated heterocycles. The number of thiocarbonyl (C=S) groups is 1. The molecule has 0 saturated carbocycles. The molecule has 174 valence electrons. The average Bonchev–Trinajstić information content (AvgIpc) is 3.42. The fourth-order valence-electron chi connectivity index (χ4n) is 3.34. The first kappa shape index (κ1) is 24.1. The topological polar surface area (TPSA) is 68.2 Å². The van der Waals surface area contributed by atoms with Gasteiger partial charge in [-0.2, -0.15) is 5.10 Å². The van der Waals surface area contributed by atoms with E-state index < -0.39 is 0 Å². The quantitative estimate of drug-likeness (QED) is 0.196. The highest BCUT2D eigenvalue weighted by atomic mass is 79.9. The van der Waals surface area contributed by atoms with E-state index in [1.807, 2.05) is 59.4 Å². The van der Waals surface area contributed by atoms with E-state index in [-0.39, 0.29) is 5.97 Å². The predicted octanol–water partition coefficient (Wildman–Crippen LogP) is 6.33. The average molecular weight is 556 g/mol. The molecule has 0 atom stereocenters. The van der Waals surface area contributed by atoms with Gasteiger partial charge in [-0.05, 0) is 48.5 Å². The van der Waals surface area contributed by atoms with Crippen molar-refractivity contribution in [2.75, 3.05) is 17.2 Å². The van der Waals surface area contributed by atoms with Gasteiger partial charge in [-0.25, -0.2) is 4.79 Å². The van der Waals surface area contributed by atoms with Crippen LogP contribution in [0.1, 0.15) is 33.3 Å². The zero-order valence-electron chi connectivity index (χ0n) is 18.5. The molecule has 6 nitrogen and oxygen atoms in total. The summed E-state index contributed by atoms with van der Waals surface area (Å²) in [7, 11) is 0. The number of ether oxygens (including phenoxy) is 1. The number of carbonyl (C=O) groups is 1. The number of hydrogen-bond donors (Lipinski definition) is 2. The van der Waals surface area contributed by atoms with Gasteiger partial charge in [-0.15, -0.1) is 11.3 Å². The Labute approximate surface area is 216 Å². The van der Waals surface area contributed by atoms with Crippen LogP contribution in [-0.2, 0) is 17.7 Å². The Bertz CT molecular complexity index is 1270. The minimum Gasteiger partial charge on any atom is -0.462 e. The standard InChI is InChI=1S/C25H23BrN4O2S2/c1-2-32-24(31)22-13-21(12-17-6-4-3-5-7-17)34-23(22)29-25(33)28-20-14-27-30(16-20)15-18-8-10-19(26)11-9-18/h3-11,13-14,16H,2,12,15H2,1H3,(H2,28,29,33). The van der Waals surface area contributed by atoms with Crippen molar-refractivity contribution < 1.29 is 9.53 Å². The Kier molecular flexibility index (Phi) is 8.10. The van der Waals surface area contributed by atoms with Crippen molar-refractivity contribution in [1.82, 2.24) is 9.78 Å². The molecule has 0 aliphatic rings. The first-order valence-corrected chi connectivity index (χ1v) is 12.7. The fraction of sp³-hybridized carbons (Fsp3) is 0.160. The van der Waals surface area contributed by atoms with Crippen molar-refractivity contribution in [3.05, 3.63) is 99.1 Å². The molecule has 0 aliphatic carbocycles. The van der Waals surface area contributed by atoms with E-state index in [9.17, 15) is 4.79 Å². The largest absolute Gasteiger partial charge is 0.462 e. The number of thiophene rings is 1. The Morgan fingerprint density at radius 3 is 2.62 bits per heavy atom. The molecule has 0 fully saturated rings. The van der Waals surface area contributed by atoms with Crippen LogP contribution >= 0.6 is 39.5 Å². The molecule has 0 radical (unpaired) electrons. The highest BCUT2D eigenvalue weighted by Crippen LogP contribution is 2.31. The summed E-state index contributed by atoms with van der Waals surface area (Å²) < 4.78 is 8.12. The molecule has 34 heavy (non-hydrogen) atoms. The Morgan fingerprint density at radius 2 is 1.88 bits per heavy atom. The van der Waals surface area contributed by atoms with E-state index >= 15 is 0 Å². The molecule has 2 aromatic carbocycles. The summed E-state index contributed by atoms with van der Waals surface area (Å²) in [5.74, 6) is -0.370. The van der Waals surface area contributed by atoms with Gasteiger partial charge >= 0.3 is 5.97 Å². The van der Waals surface area contributed by atoms with Crippen LogP contribution in [0.15, 0.2) is 77.5 Å². The van der Waals surface area contributed by atoms with Gasteiger partial charge in [0.15, 0.2) is 5.11 Å². The van der Waals surface area contributed by atoms with Crippen LogP contribution < -0.4 is 10.6 Å². The second kappa shape index (κ2) is 11.4. The number of esters is 1. The molecule has 0 amide bonds. The summed E-state index contributed by atoms with van der Waals surface area (Å²) >= 11 is 10.5. The van der Waals surface area contributed by atoms with E-state index in [2.05, 4.69) is 43.8 Å². The van der Waals surface area contributed by atoms with Crippen LogP contribution in [0.2, 0.25) is 0 Å². The van der Waals surface area contributed by atoms with E-state index in [4.69, 9.17) is 17.0 Å². The Morgan fingerprint density at radius 1 is 1.12 bits per heavy atom. The number of hydrogen-bond acceptors (Lipinski definition) is 5. The molecular weight excluding hydrogens is 532 g/mol. The minimum absolute atomic E-state index is 0.308. The van der Waals surface area contributed by atoms with Crippen molar-refractivity contribution in [3.8, 4) is 0 Å². The summed E-state index contributed by atoms with van der Waals surface area (Å²) in [6.45, 7) is 2.75. The smallest absolute Gasteiger partial charge is 0.341 e. The van der Waals surface area contributed by atoms with Gasteiger partial charge in [0.25, 0.3) is 0 Å². The number of nitrogens with one attached hydrogen (secondary N) is 2. The van der Waals surface area contributed by atoms with Crippen molar-refractivity contribution in [3.63, 3.8) is 0 Å². The number of halogens is 1. The fourth-order valence-corrected chi connectivity index (χ4v) is 4.97. The predicted molar refractivity (Wildman–Crippen MR) is 145 cm³/mol. The molecule has 9 heteroatoms. The third-order valence-corrected chi connectivity index (χ3v) is 6.66. The number of carbonyl (C=O) groups excluding carboxylic acids is 1. The number of benzene rings is 2. The van der Waals surface area contributed by atoms with Crippen molar-refractivity contribution in [2.24, 2.45) is 0 Å². The van der Waals surface area contributed by atoms with Gasteiger partial charge in [0.05, 0.1) is 30.6 Å². The first-order valence-electron chi connectivity index (χ1n) is 10.7. The molecule has 2 aromatic heterocycles. The van der Waals surface area contributed by atoms with Crippen LogP contribution in [0.4, 0.5) is 10.7 Å². The summed E-state index contributed by atoms with van der Waals surface area (Å²) in [6, 6.07) is 20.1. The normalized spacial score (nSPS) is 10.6. The SMILES string of the molecule is CCOC(=O)c1cc(Cc2ccccc2)sc1NC(=S)Nc1cnn(Cc2ccc(Br)cc2)c1. The lowest BCUT2D eigenvalue weighted by atomic mass is 10.1. The highest BCUT2D eigenvalue weighted by Gasteiger charge is 2.18. The highest BCUT2D eigenvalue weighted by molar-refractivity contribution is 9.10. The second-order valence-corrected chi connectivity index (χ2v) is 9.93. The molecule has 2 heterocycles. The van der Waals surface area contributed by atoms with Gasteiger partial charge in [0.2, 0.25) is 0 Å². The third-order valence-electron chi connectivity index (χ3n) is 4.88. The lowest BCUT2D eigenvalue weighted by molar-refractivity contribution is 0.0528. The third kappa shape index (κ3) is 6.53. The molecule has 2 N–H and O–H groups in total. The van der Waals surface area contributed by atoms with Crippen LogP contribution in [0.5, 0.6) is 0 Å². The monoisotopic (exact) mass is 554 g/mol. The van der Waals surface area contributed by atoms with Gasteiger partial charge in [-0.3, -0.25) is 4.68 Å². The molecule has 0 spiro atoms. The maximum atomic E-state index is 12.5. The van der Waals surface area contributed by atoms with E-state index in [0.29, 0.717) is 28.8 Å². The van der Waals surface area contributed by atoms with Crippen LogP contribution in [0, 0.1) is 0 Å². The number of nitrogens with zero attached hydrogens (tertiary/aromatic N) is 2. The Hall–Kier alpha value is -3.01. The lowest BCUT2D eigenvalue weighted by Crippen LogP contribution is -2.19. The van der Waals surface area contributed by atoms with E-state index in [1.165, 1.54) is 16.9 Å². The van der Waals surface area contributed by atoms with Crippen LogP contribution in [0.3, 0.4) is 0 Å². The van der Waals surface area contributed by atoms with Crippen LogP contribution in [0.25, 0.3) is 0 Å². The number of aromatic nitrogens is 2.